The van der Waals surface area contributed by atoms with E-state index in [2.05, 4.69) is 24.5 Å². The van der Waals surface area contributed by atoms with Crippen LogP contribution in [0.1, 0.15) is 20.3 Å². The van der Waals surface area contributed by atoms with Crippen LogP contribution in [0.4, 0.5) is 0 Å². The molecular weight excluding hydrogens is 224 g/mol. The van der Waals surface area contributed by atoms with Gasteiger partial charge in [-0.2, -0.15) is 0 Å². The molecule has 1 atom stereocenters. The van der Waals surface area contributed by atoms with E-state index in [9.17, 15) is 4.79 Å². The Morgan fingerprint density at radius 2 is 2.44 bits per heavy atom. The molecule has 0 spiro atoms. The number of hydrogen-bond donors (Lipinski definition) is 2. The van der Waals surface area contributed by atoms with E-state index in [0.29, 0.717) is 12.5 Å². The zero-order valence-electron chi connectivity index (χ0n) is 10.1. The second-order valence-corrected chi connectivity index (χ2v) is 5.42. The molecule has 0 aromatic rings. The van der Waals surface area contributed by atoms with E-state index in [1.165, 1.54) is 0 Å². The van der Waals surface area contributed by atoms with Gasteiger partial charge in [0.05, 0.1) is 6.04 Å². The highest BCUT2D eigenvalue weighted by atomic mass is 32.2. The van der Waals surface area contributed by atoms with Gasteiger partial charge in [0, 0.05) is 31.4 Å². The van der Waals surface area contributed by atoms with Crippen LogP contribution < -0.4 is 10.6 Å². The van der Waals surface area contributed by atoms with Crippen LogP contribution in [-0.2, 0) is 9.53 Å². The number of rotatable bonds is 7. The molecule has 0 aliphatic carbocycles. The average Bonchev–Trinajstić information content (AvgIpc) is 2.75. The van der Waals surface area contributed by atoms with Crippen LogP contribution in [0.3, 0.4) is 0 Å². The predicted molar refractivity (Wildman–Crippen MR) is 67.5 cm³/mol. The Kier molecular flexibility index (Phi) is 6.84. The molecule has 16 heavy (non-hydrogen) atoms. The highest BCUT2D eigenvalue weighted by molar-refractivity contribution is 7.99. The molecule has 94 valence electrons. The standard InChI is InChI=1S/C11H22N2O2S/c1-9(2)6-15-5-3-4-12-11(14)10-7-16-8-13-10/h9-10,13H,3-8H2,1-2H3,(H,12,14). The van der Waals surface area contributed by atoms with Crippen molar-refractivity contribution in [3.63, 3.8) is 0 Å². The average molecular weight is 246 g/mol. The SMILES string of the molecule is CC(C)COCCCNC(=O)C1CSCN1. The largest absolute Gasteiger partial charge is 0.381 e. The van der Waals surface area contributed by atoms with Crippen LogP contribution in [0.25, 0.3) is 0 Å². The first-order valence-corrected chi connectivity index (χ1v) is 7.02. The number of hydrogen-bond acceptors (Lipinski definition) is 4. The number of carbonyl (C=O) groups is 1. The molecule has 1 saturated heterocycles. The summed E-state index contributed by atoms with van der Waals surface area (Å²) >= 11 is 1.76. The van der Waals surface area contributed by atoms with E-state index in [1.807, 2.05) is 0 Å². The summed E-state index contributed by atoms with van der Waals surface area (Å²) in [6.45, 7) is 6.50. The first kappa shape index (κ1) is 13.8. The Bertz CT molecular complexity index is 206. The Morgan fingerprint density at radius 1 is 1.62 bits per heavy atom. The summed E-state index contributed by atoms with van der Waals surface area (Å²) in [6, 6.07) is 0.00147. The topological polar surface area (TPSA) is 50.4 Å². The molecule has 1 unspecified atom stereocenters. The Hall–Kier alpha value is -0.260. The zero-order valence-corrected chi connectivity index (χ0v) is 10.9. The van der Waals surface area contributed by atoms with Gasteiger partial charge in [0.1, 0.15) is 0 Å². The molecule has 4 nitrogen and oxygen atoms in total. The smallest absolute Gasteiger partial charge is 0.238 e. The summed E-state index contributed by atoms with van der Waals surface area (Å²) in [5.74, 6) is 2.47. The first-order valence-electron chi connectivity index (χ1n) is 5.86. The van der Waals surface area contributed by atoms with Crippen molar-refractivity contribution < 1.29 is 9.53 Å². The van der Waals surface area contributed by atoms with E-state index in [1.54, 1.807) is 11.8 Å². The number of ether oxygens (including phenoxy) is 1. The summed E-state index contributed by atoms with van der Waals surface area (Å²) in [5, 5.41) is 6.06. The number of thioether (sulfide) groups is 1. The van der Waals surface area contributed by atoms with Crippen LogP contribution in [-0.4, -0.2) is 43.3 Å². The van der Waals surface area contributed by atoms with Crippen LogP contribution >= 0.6 is 11.8 Å². The van der Waals surface area contributed by atoms with Crippen LogP contribution in [0.2, 0.25) is 0 Å². The number of nitrogens with one attached hydrogen (secondary N) is 2. The van der Waals surface area contributed by atoms with Gasteiger partial charge in [-0.15, -0.1) is 11.8 Å². The normalized spacial score (nSPS) is 20.3. The fourth-order valence-corrected chi connectivity index (χ4v) is 2.33. The molecule has 2 N–H and O–H groups in total. The monoisotopic (exact) mass is 246 g/mol. The molecule has 1 amide bonds. The quantitative estimate of drug-likeness (QED) is 0.653. The highest BCUT2D eigenvalue weighted by Gasteiger charge is 2.21. The Balaban J connectivity index is 1.92. The molecule has 1 rings (SSSR count). The summed E-state index contributed by atoms with van der Waals surface area (Å²) < 4.78 is 5.43. The van der Waals surface area contributed by atoms with Crippen molar-refractivity contribution in [3.05, 3.63) is 0 Å². The highest BCUT2D eigenvalue weighted by Crippen LogP contribution is 2.09. The molecular formula is C11H22N2O2S. The minimum atomic E-state index is 0.00147. The van der Waals surface area contributed by atoms with Crippen molar-refractivity contribution in [2.75, 3.05) is 31.4 Å². The van der Waals surface area contributed by atoms with E-state index in [4.69, 9.17) is 4.74 Å². The number of carbonyl (C=O) groups excluding carboxylic acids is 1. The lowest BCUT2D eigenvalue weighted by atomic mass is 10.2. The second kappa shape index (κ2) is 7.92. The van der Waals surface area contributed by atoms with Gasteiger partial charge in [0.15, 0.2) is 0 Å². The van der Waals surface area contributed by atoms with E-state index >= 15 is 0 Å². The van der Waals surface area contributed by atoms with Crippen LogP contribution in [0.5, 0.6) is 0 Å². The Morgan fingerprint density at radius 3 is 3.06 bits per heavy atom. The maximum atomic E-state index is 11.6. The van der Waals surface area contributed by atoms with Crippen molar-refractivity contribution in [3.8, 4) is 0 Å². The van der Waals surface area contributed by atoms with Crippen molar-refractivity contribution in [2.24, 2.45) is 5.92 Å². The predicted octanol–water partition coefficient (Wildman–Crippen LogP) is 0.828. The second-order valence-electron chi connectivity index (χ2n) is 4.39. The molecule has 0 aromatic carbocycles. The van der Waals surface area contributed by atoms with Gasteiger partial charge in [-0.05, 0) is 12.3 Å². The van der Waals surface area contributed by atoms with Crippen molar-refractivity contribution in [1.29, 1.82) is 0 Å². The first-order chi connectivity index (χ1) is 7.70. The molecule has 1 heterocycles. The summed E-state index contributed by atoms with van der Waals surface area (Å²) in [4.78, 5) is 11.6. The number of amides is 1. The fraction of sp³-hybridized carbons (Fsp3) is 0.909. The molecule has 5 heteroatoms. The Labute approximate surface area is 102 Å². The van der Waals surface area contributed by atoms with Gasteiger partial charge in [0.2, 0.25) is 5.91 Å². The van der Waals surface area contributed by atoms with Gasteiger partial charge >= 0.3 is 0 Å². The third-order valence-electron chi connectivity index (χ3n) is 2.25. The van der Waals surface area contributed by atoms with Crippen molar-refractivity contribution in [2.45, 2.75) is 26.3 Å². The molecule has 0 aromatic heterocycles. The van der Waals surface area contributed by atoms with Gasteiger partial charge in [0.25, 0.3) is 0 Å². The lowest BCUT2D eigenvalue weighted by Gasteiger charge is -2.11. The minimum Gasteiger partial charge on any atom is -0.381 e. The molecule has 0 radical (unpaired) electrons. The summed E-state index contributed by atoms with van der Waals surface area (Å²) in [5.41, 5.74) is 0. The van der Waals surface area contributed by atoms with Gasteiger partial charge in [-0.1, -0.05) is 13.8 Å². The van der Waals surface area contributed by atoms with Crippen LogP contribution in [0, 0.1) is 5.92 Å². The zero-order chi connectivity index (χ0) is 11.8. The fourth-order valence-electron chi connectivity index (χ4n) is 1.39. The maximum absolute atomic E-state index is 11.6. The summed E-state index contributed by atoms with van der Waals surface area (Å²) in [7, 11) is 0. The van der Waals surface area contributed by atoms with Crippen molar-refractivity contribution >= 4 is 17.7 Å². The van der Waals surface area contributed by atoms with Gasteiger partial charge in [-0.25, -0.2) is 0 Å². The van der Waals surface area contributed by atoms with Gasteiger partial charge in [-0.3, -0.25) is 10.1 Å². The summed E-state index contributed by atoms with van der Waals surface area (Å²) in [6.07, 6.45) is 0.887. The van der Waals surface area contributed by atoms with E-state index < -0.39 is 0 Å². The van der Waals surface area contributed by atoms with Gasteiger partial charge < -0.3 is 10.1 Å². The van der Waals surface area contributed by atoms with E-state index in [0.717, 1.165) is 31.3 Å². The third-order valence-corrected chi connectivity index (χ3v) is 3.19. The molecule has 0 saturated carbocycles. The molecule has 1 aliphatic heterocycles. The molecule has 1 fully saturated rings. The maximum Gasteiger partial charge on any atom is 0.238 e. The lowest BCUT2D eigenvalue weighted by molar-refractivity contribution is -0.122. The van der Waals surface area contributed by atoms with Crippen LogP contribution in [0.15, 0.2) is 0 Å². The van der Waals surface area contributed by atoms with E-state index in [-0.39, 0.29) is 11.9 Å². The third kappa shape index (κ3) is 5.72. The lowest BCUT2D eigenvalue weighted by Crippen LogP contribution is -2.42. The minimum absolute atomic E-state index is 0.00147. The van der Waals surface area contributed by atoms with Crippen molar-refractivity contribution in [1.82, 2.24) is 10.6 Å². The molecule has 1 aliphatic rings. The molecule has 0 bridgehead atoms.